The summed E-state index contributed by atoms with van der Waals surface area (Å²) in [5, 5.41) is 5.67. The first kappa shape index (κ1) is 30.5. The Bertz CT molecular complexity index is 804. The molecule has 0 aliphatic carbocycles. The maximum Gasteiger partial charge on any atom is 0.408 e. The molecular weight excluding hydrogens is 442 g/mol. The number of nitrogens with zero attached hydrogens (tertiary/aromatic N) is 1. The summed E-state index contributed by atoms with van der Waals surface area (Å²) in [6.07, 6.45) is 6.29. The second-order valence-electron chi connectivity index (χ2n) is 10.3. The summed E-state index contributed by atoms with van der Waals surface area (Å²) >= 11 is 0. The fourth-order valence-electron chi connectivity index (χ4n) is 4.02. The van der Waals surface area contributed by atoms with Crippen LogP contribution < -0.4 is 10.6 Å². The number of nitrogens with one attached hydrogen (secondary N) is 2. The fraction of sp³-hybridized carbons (Fsp3) is 0.679. The normalized spacial score (nSPS) is 13.0. The van der Waals surface area contributed by atoms with Crippen molar-refractivity contribution in [2.24, 2.45) is 0 Å². The van der Waals surface area contributed by atoms with Crippen LogP contribution in [0.15, 0.2) is 24.3 Å². The second kappa shape index (κ2) is 15.4. The second-order valence-corrected chi connectivity index (χ2v) is 10.3. The van der Waals surface area contributed by atoms with E-state index in [4.69, 9.17) is 4.74 Å². The molecule has 0 aliphatic heterocycles. The van der Waals surface area contributed by atoms with Gasteiger partial charge in [-0.3, -0.25) is 9.59 Å². The van der Waals surface area contributed by atoms with Gasteiger partial charge in [-0.25, -0.2) is 4.79 Å². The summed E-state index contributed by atoms with van der Waals surface area (Å²) < 4.78 is 5.28. The van der Waals surface area contributed by atoms with Gasteiger partial charge in [-0.2, -0.15) is 0 Å². The van der Waals surface area contributed by atoms with Crippen LogP contribution in [0.2, 0.25) is 0 Å². The molecule has 1 rings (SSSR count). The van der Waals surface area contributed by atoms with E-state index in [0.717, 1.165) is 56.1 Å². The van der Waals surface area contributed by atoms with Crippen molar-refractivity contribution in [3.05, 3.63) is 35.4 Å². The van der Waals surface area contributed by atoms with Crippen LogP contribution in [0.25, 0.3) is 0 Å². The fourth-order valence-corrected chi connectivity index (χ4v) is 4.02. The van der Waals surface area contributed by atoms with Crippen molar-refractivity contribution in [2.45, 2.75) is 111 Å². The minimum Gasteiger partial charge on any atom is -0.444 e. The van der Waals surface area contributed by atoms with E-state index in [9.17, 15) is 14.4 Å². The van der Waals surface area contributed by atoms with Gasteiger partial charge in [0.05, 0.1) is 0 Å². The van der Waals surface area contributed by atoms with Crippen LogP contribution in [-0.2, 0) is 14.3 Å². The SMILES string of the molecule is CCCCCCCN(C(=O)CNC(=O)OC(C)(C)C)C(C(=O)NC(C)CCC)c1ccccc1C. The summed E-state index contributed by atoms with van der Waals surface area (Å²) in [7, 11) is 0. The summed E-state index contributed by atoms with van der Waals surface area (Å²) in [5.41, 5.74) is 1.08. The Hall–Kier alpha value is -2.57. The lowest BCUT2D eigenvalue weighted by atomic mass is 9.97. The van der Waals surface area contributed by atoms with Gasteiger partial charge in [0.15, 0.2) is 0 Å². The van der Waals surface area contributed by atoms with Crippen LogP contribution in [0.4, 0.5) is 4.79 Å². The van der Waals surface area contributed by atoms with Crippen LogP contribution in [0.1, 0.15) is 104 Å². The molecule has 1 aromatic carbocycles. The van der Waals surface area contributed by atoms with E-state index in [2.05, 4.69) is 24.5 Å². The quantitative estimate of drug-likeness (QED) is 0.330. The number of hydrogen-bond acceptors (Lipinski definition) is 4. The van der Waals surface area contributed by atoms with Crippen molar-refractivity contribution in [1.29, 1.82) is 0 Å². The molecule has 0 heterocycles. The average Bonchev–Trinajstić information content (AvgIpc) is 2.76. The zero-order chi connectivity index (χ0) is 26.4. The third-order valence-electron chi connectivity index (χ3n) is 5.76. The number of unbranched alkanes of at least 4 members (excludes halogenated alkanes) is 4. The highest BCUT2D eigenvalue weighted by atomic mass is 16.6. The number of amides is 3. The van der Waals surface area contributed by atoms with E-state index in [0.29, 0.717) is 6.54 Å². The Morgan fingerprint density at radius 2 is 1.66 bits per heavy atom. The first-order valence-corrected chi connectivity index (χ1v) is 13.1. The molecular formula is C28H47N3O4. The summed E-state index contributed by atoms with van der Waals surface area (Å²) in [4.78, 5) is 40.8. The van der Waals surface area contributed by atoms with E-state index in [1.165, 1.54) is 0 Å². The molecule has 0 saturated carbocycles. The minimum absolute atomic E-state index is 0.000382. The monoisotopic (exact) mass is 489 g/mol. The summed E-state index contributed by atoms with van der Waals surface area (Å²) in [5.74, 6) is -0.502. The molecule has 0 radical (unpaired) electrons. The number of carbonyl (C=O) groups excluding carboxylic acids is 3. The lowest BCUT2D eigenvalue weighted by Gasteiger charge is -2.33. The van der Waals surface area contributed by atoms with E-state index >= 15 is 0 Å². The number of rotatable bonds is 14. The van der Waals surface area contributed by atoms with Gasteiger partial charge in [-0.05, 0) is 58.6 Å². The van der Waals surface area contributed by atoms with Crippen molar-refractivity contribution < 1.29 is 19.1 Å². The Kier molecular flexibility index (Phi) is 13.4. The van der Waals surface area contributed by atoms with Crippen LogP contribution in [0.5, 0.6) is 0 Å². The maximum atomic E-state index is 13.6. The van der Waals surface area contributed by atoms with Crippen molar-refractivity contribution in [2.75, 3.05) is 13.1 Å². The topological polar surface area (TPSA) is 87.7 Å². The molecule has 0 aromatic heterocycles. The Balaban J connectivity index is 3.20. The van der Waals surface area contributed by atoms with E-state index < -0.39 is 17.7 Å². The number of carbonyl (C=O) groups is 3. The zero-order valence-electron chi connectivity index (χ0n) is 22.9. The molecule has 0 bridgehead atoms. The van der Waals surface area contributed by atoms with Crippen LogP contribution in [-0.4, -0.2) is 47.5 Å². The van der Waals surface area contributed by atoms with E-state index in [-0.39, 0.29) is 24.4 Å². The lowest BCUT2D eigenvalue weighted by Crippen LogP contribution is -2.49. The van der Waals surface area contributed by atoms with Crippen molar-refractivity contribution in [1.82, 2.24) is 15.5 Å². The minimum atomic E-state index is -0.769. The molecule has 0 saturated heterocycles. The molecule has 35 heavy (non-hydrogen) atoms. The molecule has 7 nitrogen and oxygen atoms in total. The van der Waals surface area contributed by atoms with E-state index in [1.807, 2.05) is 38.1 Å². The highest BCUT2D eigenvalue weighted by Gasteiger charge is 2.33. The third-order valence-corrected chi connectivity index (χ3v) is 5.76. The standard InChI is InChI=1S/C28H47N3O4/c1-8-10-11-12-15-19-31(24(32)20-29-27(34)35-28(5,6)7)25(23-18-14-13-17-21(23)3)26(33)30-22(4)16-9-2/h13-14,17-18,22,25H,8-12,15-16,19-20H2,1-7H3,(H,29,34)(H,30,33). The summed E-state index contributed by atoms with van der Waals surface area (Å²) in [6, 6.07) is 6.90. The van der Waals surface area contributed by atoms with E-state index in [1.54, 1.807) is 25.7 Å². The first-order valence-electron chi connectivity index (χ1n) is 13.1. The largest absolute Gasteiger partial charge is 0.444 e. The maximum absolute atomic E-state index is 13.6. The molecule has 2 atom stereocenters. The molecule has 0 aliphatic rings. The van der Waals surface area contributed by atoms with Gasteiger partial charge < -0.3 is 20.3 Å². The highest BCUT2D eigenvalue weighted by Crippen LogP contribution is 2.26. The third kappa shape index (κ3) is 11.6. The molecule has 0 spiro atoms. The smallest absolute Gasteiger partial charge is 0.408 e. The number of hydrogen-bond donors (Lipinski definition) is 2. The predicted molar refractivity (Wildman–Crippen MR) is 141 cm³/mol. The highest BCUT2D eigenvalue weighted by molar-refractivity contribution is 5.90. The van der Waals surface area contributed by atoms with Crippen LogP contribution in [0, 0.1) is 6.92 Å². The van der Waals surface area contributed by atoms with Gasteiger partial charge in [-0.15, -0.1) is 0 Å². The van der Waals surface area contributed by atoms with Gasteiger partial charge in [0, 0.05) is 12.6 Å². The lowest BCUT2D eigenvalue weighted by molar-refractivity contribution is -0.140. The van der Waals surface area contributed by atoms with Crippen molar-refractivity contribution in [3.63, 3.8) is 0 Å². The number of ether oxygens (including phenoxy) is 1. The summed E-state index contributed by atoms with van der Waals surface area (Å²) in [6.45, 7) is 13.7. The molecule has 2 unspecified atom stereocenters. The Labute approximate surface area is 212 Å². The molecule has 198 valence electrons. The number of benzene rings is 1. The predicted octanol–water partition coefficient (Wildman–Crippen LogP) is 5.66. The average molecular weight is 490 g/mol. The van der Waals surface area contributed by atoms with Crippen LogP contribution >= 0.6 is 0 Å². The zero-order valence-corrected chi connectivity index (χ0v) is 22.9. The number of aryl methyl sites for hydroxylation is 1. The molecule has 2 N–H and O–H groups in total. The molecule has 1 aromatic rings. The van der Waals surface area contributed by atoms with Crippen LogP contribution in [0.3, 0.4) is 0 Å². The Morgan fingerprint density at radius 3 is 2.26 bits per heavy atom. The van der Waals surface area contributed by atoms with Gasteiger partial charge in [0.25, 0.3) is 0 Å². The molecule has 7 heteroatoms. The molecule has 0 fully saturated rings. The van der Waals surface area contributed by atoms with Gasteiger partial charge in [-0.1, -0.05) is 70.2 Å². The number of alkyl carbamates (subject to hydrolysis) is 1. The van der Waals surface area contributed by atoms with Crippen molar-refractivity contribution in [3.8, 4) is 0 Å². The Morgan fingerprint density at radius 1 is 1.00 bits per heavy atom. The van der Waals surface area contributed by atoms with Crippen molar-refractivity contribution >= 4 is 17.9 Å². The van der Waals surface area contributed by atoms with Gasteiger partial charge in [0.1, 0.15) is 18.2 Å². The van der Waals surface area contributed by atoms with Gasteiger partial charge in [0.2, 0.25) is 11.8 Å². The first-order chi connectivity index (χ1) is 16.5. The molecule has 3 amide bonds. The van der Waals surface area contributed by atoms with Gasteiger partial charge >= 0.3 is 6.09 Å².